The van der Waals surface area contributed by atoms with E-state index in [-0.39, 0.29) is 12.2 Å². The van der Waals surface area contributed by atoms with Gasteiger partial charge in [0.25, 0.3) is 0 Å². The molecule has 0 radical (unpaired) electrons. The molecule has 0 aromatic heterocycles. The number of carbonyl (C=O) groups excluding carboxylic acids is 1. The molecule has 0 aromatic rings. The minimum atomic E-state index is -0.328. The van der Waals surface area contributed by atoms with Gasteiger partial charge in [-0.15, -0.1) is 0 Å². The van der Waals surface area contributed by atoms with Crippen LogP contribution in [-0.2, 0) is 14.3 Å². The predicted octanol–water partition coefficient (Wildman–Crippen LogP) is 0.644. The Morgan fingerprint density at radius 3 is 2.47 bits per heavy atom. The zero-order valence-electron chi connectivity index (χ0n) is 10.8. The van der Waals surface area contributed by atoms with Gasteiger partial charge in [-0.1, -0.05) is 0 Å². The minimum Gasteiger partial charge on any atom is -0.351 e. The van der Waals surface area contributed by atoms with Gasteiger partial charge in [0, 0.05) is 32.2 Å². The van der Waals surface area contributed by atoms with Crippen molar-refractivity contribution in [3.05, 3.63) is 0 Å². The third-order valence-corrected chi connectivity index (χ3v) is 2.53. The van der Waals surface area contributed by atoms with Gasteiger partial charge in [-0.25, -0.2) is 0 Å². The number of amides is 1. The maximum Gasteiger partial charge on any atom is 0.221 e. The lowest BCUT2D eigenvalue weighted by Crippen LogP contribution is -2.36. The van der Waals surface area contributed by atoms with Crippen LogP contribution in [0.5, 0.6) is 0 Å². The number of ether oxygens (including phenoxy) is 2. The van der Waals surface area contributed by atoms with Crippen molar-refractivity contribution in [2.45, 2.75) is 45.4 Å². The quantitative estimate of drug-likeness (QED) is 0.554. The van der Waals surface area contributed by atoms with Crippen molar-refractivity contribution in [1.29, 1.82) is 0 Å². The Labute approximate surface area is 103 Å². The Kier molecular flexibility index (Phi) is 7.16. The fraction of sp³-hybridized carbons (Fsp3) is 0.917. The zero-order chi connectivity index (χ0) is 12.5. The van der Waals surface area contributed by atoms with Crippen LogP contribution in [0.3, 0.4) is 0 Å². The van der Waals surface area contributed by atoms with E-state index in [9.17, 15) is 4.79 Å². The Bertz CT molecular complexity index is 214. The highest BCUT2D eigenvalue weighted by Gasteiger charge is 2.20. The molecule has 2 N–H and O–H groups in total. The summed E-state index contributed by atoms with van der Waals surface area (Å²) < 4.78 is 10.7. The summed E-state index contributed by atoms with van der Waals surface area (Å²) in [7, 11) is 0. The van der Waals surface area contributed by atoms with Crippen molar-refractivity contribution < 1.29 is 14.3 Å². The average Bonchev–Trinajstić information content (AvgIpc) is 3.10. The summed E-state index contributed by atoms with van der Waals surface area (Å²) in [4.78, 5) is 11.5. The van der Waals surface area contributed by atoms with E-state index in [1.807, 2.05) is 13.8 Å². The van der Waals surface area contributed by atoms with E-state index >= 15 is 0 Å². The molecule has 0 aliphatic heterocycles. The van der Waals surface area contributed by atoms with E-state index in [1.165, 1.54) is 12.8 Å². The van der Waals surface area contributed by atoms with Crippen LogP contribution in [0, 0.1) is 0 Å². The fourth-order valence-corrected chi connectivity index (χ4v) is 1.50. The number of hydrogen-bond acceptors (Lipinski definition) is 4. The molecule has 1 amide bonds. The molecule has 0 bridgehead atoms. The first-order chi connectivity index (χ1) is 8.26. The van der Waals surface area contributed by atoms with Crippen LogP contribution in [0.1, 0.15) is 33.1 Å². The van der Waals surface area contributed by atoms with E-state index < -0.39 is 0 Å². The molecule has 1 aliphatic carbocycles. The average molecular weight is 244 g/mol. The molecule has 0 heterocycles. The number of rotatable bonds is 10. The summed E-state index contributed by atoms with van der Waals surface area (Å²) in [5.74, 6) is 0.0440. The summed E-state index contributed by atoms with van der Waals surface area (Å²) in [6, 6.07) is 0.655. The molecule has 17 heavy (non-hydrogen) atoms. The highest BCUT2D eigenvalue weighted by molar-refractivity contribution is 5.76. The maximum absolute atomic E-state index is 11.5. The smallest absolute Gasteiger partial charge is 0.221 e. The molecular formula is C12H24N2O3. The lowest BCUT2D eigenvalue weighted by molar-refractivity contribution is -0.140. The summed E-state index contributed by atoms with van der Waals surface area (Å²) in [6.07, 6.45) is 2.68. The van der Waals surface area contributed by atoms with E-state index in [0.29, 0.717) is 32.2 Å². The summed E-state index contributed by atoms with van der Waals surface area (Å²) in [5.41, 5.74) is 0. The van der Waals surface area contributed by atoms with Crippen LogP contribution in [-0.4, -0.2) is 44.5 Å². The Morgan fingerprint density at radius 1 is 1.29 bits per heavy atom. The molecule has 0 atom stereocenters. The van der Waals surface area contributed by atoms with Gasteiger partial charge in [0.2, 0.25) is 5.91 Å². The van der Waals surface area contributed by atoms with Crippen LogP contribution in [0.2, 0.25) is 0 Å². The van der Waals surface area contributed by atoms with E-state index in [2.05, 4.69) is 10.6 Å². The molecule has 1 rings (SSSR count). The maximum atomic E-state index is 11.5. The lowest BCUT2D eigenvalue weighted by atomic mass is 10.4. The van der Waals surface area contributed by atoms with E-state index in [0.717, 1.165) is 6.54 Å². The minimum absolute atomic E-state index is 0.0440. The second-order valence-corrected chi connectivity index (χ2v) is 4.12. The SMILES string of the molecule is CCOC(CNC(=O)CCNC1CC1)OCC. The number of hydrogen-bond donors (Lipinski definition) is 2. The number of carbonyl (C=O) groups is 1. The molecule has 5 nitrogen and oxygen atoms in total. The lowest BCUT2D eigenvalue weighted by Gasteiger charge is -2.17. The van der Waals surface area contributed by atoms with Gasteiger partial charge < -0.3 is 20.1 Å². The second-order valence-electron chi connectivity index (χ2n) is 4.12. The van der Waals surface area contributed by atoms with Crippen molar-refractivity contribution in [1.82, 2.24) is 10.6 Å². The van der Waals surface area contributed by atoms with Gasteiger partial charge in [-0.2, -0.15) is 0 Å². The molecule has 1 aliphatic rings. The zero-order valence-corrected chi connectivity index (χ0v) is 10.8. The summed E-state index contributed by atoms with van der Waals surface area (Å²) in [6.45, 7) is 6.17. The first kappa shape index (κ1) is 14.4. The van der Waals surface area contributed by atoms with Gasteiger partial charge >= 0.3 is 0 Å². The highest BCUT2D eigenvalue weighted by atomic mass is 16.7. The molecule has 5 heteroatoms. The van der Waals surface area contributed by atoms with Crippen molar-refractivity contribution in [3.63, 3.8) is 0 Å². The number of nitrogens with one attached hydrogen (secondary N) is 2. The highest BCUT2D eigenvalue weighted by Crippen LogP contribution is 2.18. The third kappa shape index (κ3) is 7.31. The Balaban J connectivity index is 2.02. The second kappa shape index (κ2) is 8.44. The van der Waals surface area contributed by atoms with E-state index in [4.69, 9.17) is 9.47 Å². The molecule has 100 valence electrons. The third-order valence-electron chi connectivity index (χ3n) is 2.53. The molecule has 0 spiro atoms. The molecule has 0 saturated heterocycles. The summed E-state index contributed by atoms with van der Waals surface area (Å²) in [5, 5.41) is 6.12. The van der Waals surface area contributed by atoms with Gasteiger partial charge in [-0.05, 0) is 26.7 Å². The van der Waals surface area contributed by atoms with Crippen LogP contribution in [0.25, 0.3) is 0 Å². The first-order valence-electron chi connectivity index (χ1n) is 6.49. The first-order valence-corrected chi connectivity index (χ1v) is 6.49. The van der Waals surface area contributed by atoms with Gasteiger partial charge in [0.1, 0.15) is 0 Å². The molecule has 0 unspecified atom stereocenters. The Morgan fingerprint density at radius 2 is 1.94 bits per heavy atom. The Hall–Kier alpha value is -0.650. The van der Waals surface area contributed by atoms with Crippen LogP contribution in [0.4, 0.5) is 0 Å². The molecule has 1 saturated carbocycles. The van der Waals surface area contributed by atoms with Gasteiger partial charge in [-0.3, -0.25) is 4.79 Å². The molecule has 1 fully saturated rings. The van der Waals surface area contributed by atoms with Crippen LogP contribution in [0.15, 0.2) is 0 Å². The van der Waals surface area contributed by atoms with E-state index in [1.54, 1.807) is 0 Å². The van der Waals surface area contributed by atoms with Crippen LogP contribution < -0.4 is 10.6 Å². The van der Waals surface area contributed by atoms with Gasteiger partial charge in [0.15, 0.2) is 6.29 Å². The van der Waals surface area contributed by atoms with Crippen molar-refractivity contribution >= 4 is 5.91 Å². The monoisotopic (exact) mass is 244 g/mol. The standard InChI is InChI=1S/C12H24N2O3/c1-3-16-12(17-4-2)9-14-11(15)7-8-13-10-5-6-10/h10,12-13H,3-9H2,1-2H3,(H,14,15). The summed E-state index contributed by atoms with van der Waals surface area (Å²) >= 11 is 0. The largest absolute Gasteiger partial charge is 0.351 e. The van der Waals surface area contributed by atoms with Crippen molar-refractivity contribution in [3.8, 4) is 0 Å². The predicted molar refractivity (Wildman–Crippen MR) is 65.7 cm³/mol. The van der Waals surface area contributed by atoms with Crippen LogP contribution >= 0.6 is 0 Å². The molecule has 0 aromatic carbocycles. The van der Waals surface area contributed by atoms with Gasteiger partial charge in [0.05, 0.1) is 6.54 Å². The molecular weight excluding hydrogens is 220 g/mol. The van der Waals surface area contributed by atoms with Crippen molar-refractivity contribution in [2.24, 2.45) is 0 Å². The topological polar surface area (TPSA) is 59.6 Å². The fourth-order valence-electron chi connectivity index (χ4n) is 1.50. The van der Waals surface area contributed by atoms with Crippen molar-refractivity contribution in [2.75, 3.05) is 26.3 Å². The normalized spacial score (nSPS) is 15.2.